The van der Waals surface area contributed by atoms with Crippen molar-refractivity contribution in [1.82, 2.24) is 5.32 Å². The van der Waals surface area contributed by atoms with Crippen LogP contribution in [0.3, 0.4) is 0 Å². The van der Waals surface area contributed by atoms with E-state index in [9.17, 15) is 4.21 Å². The van der Waals surface area contributed by atoms with Crippen molar-refractivity contribution in [2.24, 2.45) is 0 Å². The lowest BCUT2D eigenvalue weighted by Crippen LogP contribution is -2.30. The Labute approximate surface area is 107 Å². The van der Waals surface area contributed by atoms with Crippen molar-refractivity contribution in [2.45, 2.75) is 40.3 Å². The van der Waals surface area contributed by atoms with Gasteiger partial charge in [-0.2, -0.15) is 0 Å². The molecule has 1 rings (SSSR count). The van der Waals surface area contributed by atoms with Crippen LogP contribution in [0.4, 0.5) is 0 Å². The molecular formula is C14H23NOS. The molecule has 0 bridgehead atoms. The summed E-state index contributed by atoms with van der Waals surface area (Å²) < 4.78 is 11.1. The topological polar surface area (TPSA) is 29.1 Å². The molecule has 2 nitrogen and oxygen atoms in total. The Hall–Kier alpha value is -0.670. The summed E-state index contributed by atoms with van der Waals surface area (Å²) in [5.41, 5.74) is 5.33. The normalized spacial score (nSPS) is 14.6. The number of aryl methyl sites for hydroxylation is 3. The van der Waals surface area contributed by atoms with E-state index in [4.69, 9.17) is 0 Å². The van der Waals surface area contributed by atoms with Crippen molar-refractivity contribution in [3.63, 3.8) is 0 Å². The quantitative estimate of drug-likeness (QED) is 0.873. The summed E-state index contributed by atoms with van der Waals surface area (Å²) in [4.78, 5) is 0. The molecule has 1 N–H and O–H groups in total. The van der Waals surface area contributed by atoms with Gasteiger partial charge in [-0.15, -0.1) is 0 Å². The minimum atomic E-state index is -0.729. The second kappa shape index (κ2) is 6.31. The van der Waals surface area contributed by atoms with E-state index in [1.54, 1.807) is 6.26 Å². The summed E-state index contributed by atoms with van der Waals surface area (Å²) in [6, 6.07) is 4.77. The van der Waals surface area contributed by atoms with Crippen molar-refractivity contribution < 1.29 is 4.21 Å². The second-order valence-corrected chi connectivity index (χ2v) is 6.36. The SMILES string of the molecule is Cc1cc(C)c(CNC(C)CS(C)=O)cc1C. The number of hydrogen-bond acceptors (Lipinski definition) is 2. The van der Waals surface area contributed by atoms with Gasteiger partial charge < -0.3 is 5.32 Å². The van der Waals surface area contributed by atoms with Gasteiger partial charge in [-0.3, -0.25) is 4.21 Å². The Bertz CT molecular complexity index is 415. The van der Waals surface area contributed by atoms with Gasteiger partial charge in [-0.1, -0.05) is 12.1 Å². The van der Waals surface area contributed by atoms with Gasteiger partial charge in [0, 0.05) is 35.4 Å². The highest BCUT2D eigenvalue weighted by molar-refractivity contribution is 7.84. The van der Waals surface area contributed by atoms with Crippen LogP contribution < -0.4 is 5.32 Å². The third-order valence-electron chi connectivity index (χ3n) is 3.08. The molecule has 0 aromatic heterocycles. The lowest BCUT2D eigenvalue weighted by molar-refractivity contribution is 0.586. The summed E-state index contributed by atoms with van der Waals surface area (Å²) in [5, 5.41) is 3.42. The highest BCUT2D eigenvalue weighted by atomic mass is 32.2. The third kappa shape index (κ3) is 4.60. The number of rotatable bonds is 5. The van der Waals surface area contributed by atoms with Gasteiger partial charge in [-0.05, 0) is 49.9 Å². The van der Waals surface area contributed by atoms with Gasteiger partial charge in [0.15, 0.2) is 0 Å². The Morgan fingerprint density at radius 3 is 2.35 bits per heavy atom. The van der Waals surface area contributed by atoms with Crippen molar-refractivity contribution in [3.05, 3.63) is 34.4 Å². The van der Waals surface area contributed by atoms with Gasteiger partial charge in [-0.25, -0.2) is 0 Å². The first kappa shape index (κ1) is 14.4. The van der Waals surface area contributed by atoms with Gasteiger partial charge in [0.1, 0.15) is 0 Å². The maximum atomic E-state index is 11.1. The molecule has 0 spiro atoms. The first-order valence-corrected chi connectivity index (χ1v) is 7.73. The first-order valence-electron chi connectivity index (χ1n) is 6.00. The second-order valence-electron chi connectivity index (χ2n) is 4.88. The van der Waals surface area contributed by atoms with Crippen LogP contribution in [0.15, 0.2) is 12.1 Å². The molecule has 0 radical (unpaired) electrons. The molecule has 0 heterocycles. The zero-order valence-corrected chi connectivity index (χ0v) is 12.3. The van der Waals surface area contributed by atoms with Crippen LogP contribution in [0.2, 0.25) is 0 Å². The van der Waals surface area contributed by atoms with Gasteiger partial charge in [0.05, 0.1) is 0 Å². The van der Waals surface area contributed by atoms with Crippen molar-refractivity contribution in [3.8, 4) is 0 Å². The largest absolute Gasteiger partial charge is 0.309 e. The van der Waals surface area contributed by atoms with E-state index >= 15 is 0 Å². The molecule has 2 atom stereocenters. The van der Waals surface area contributed by atoms with E-state index in [2.05, 4.69) is 45.1 Å². The monoisotopic (exact) mass is 253 g/mol. The molecule has 0 saturated heterocycles. The maximum Gasteiger partial charge on any atom is 0.0383 e. The van der Waals surface area contributed by atoms with Crippen LogP contribution in [-0.4, -0.2) is 22.3 Å². The molecule has 0 aliphatic rings. The highest BCUT2D eigenvalue weighted by Crippen LogP contribution is 2.15. The molecule has 2 unspecified atom stereocenters. The number of nitrogens with one attached hydrogen (secondary N) is 1. The fourth-order valence-electron chi connectivity index (χ4n) is 1.91. The van der Waals surface area contributed by atoms with Crippen molar-refractivity contribution >= 4 is 10.8 Å². The average Bonchev–Trinajstić information content (AvgIpc) is 2.20. The standard InChI is InChI=1S/C14H23NOS/c1-10-6-12(3)14(7-11(10)2)8-15-13(4)9-17(5)16/h6-7,13,15H,8-9H2,1-5H3. The molecular weight excluding hydrogens is 230 g/mol. The zero-order chi connectivity index (χ0) is 13.0. The zero-order valence-electron chi connectivity index (χ0n) is 11.5. The predicted octanol–water partition coefficient (Wildman–Crippen LogP) is 2.47. The number of hydrogen-bond donors (Lipinski definition) is 1. The van der Waals surface area contributed by atoms with E-state index in [1.165, 1.54) is 22.3 Å². The molecule has 17 heavy (non-hydrogen) atoms. The van der Waals surface area contributed by atoms with Crippen LogP contribution in [0, 0.1) is 20.8 Å². The molecule has 96 valence electrons. The van der Waals surface area contributed by atoms with Crippen LogP contribution in [0.5, 0.6) is 0 Å². The Morgan fingerprint density at radius 1 is 1.18 bits per heavy atom. The lowest BCUT2D eigenvalue weighted by atomic mass is 10.0. The van der Waals surface area contributed by atoms with E-state index < -0.39 is 10.8 Å². The summed E-state index contributed by atoms with van der Waals surface area (Å²) in [7, 11) is -0.729. The molecule has 3 heteroatoms. The Balaban J connectivity index is 2.63. The molecule has 0 amide bonds. The van der Waals surface area contributed by atoms with Crippen LogP contribution >= 0.6 is 0 Å². The average molecular weight is 253 g/mol. The highest BCUT2D eigenvalue weighted by Gasteiger charge is 2.06. The van der Waals surface area contributed by atoms with E-state index in [1.807, 2.05) is 0 Å². The molecule has 0 saturated carbocycles. The third-order valence-corrected chi connectivity index (χ3v) is 4.05. The van der Waals surface area contributed by atoms with Gasteiger partial charge >= 0.3 is 0 Å². The van der Waals surface area contributed by atoms with Gasteiger partial charge in [0.25, 0.3) is 0 Å². The van der Waals surface area contributed by atoms with Gasteiger partial charge in [0.2, 0.25) is 0 Å². The van der Waals surface area contributed by atoms with E-state index in [0.717, 1.165) is 6.54 Å². The minimum Gasteiger partial charge on any atom is -0.309 e. The van der Waals surface area contributed by atoms with Crippen LogP contribution in [-0.2, 0) is 17.3 Å². The lowest BCUT2D eigenvalue weighted by Gasteiger charge is -2.15. The smallest absolute Gasteiger partial charge is 0.0383 e. The van der Waals surface area contributed by atoms with Crippen molar-refractivity contribution in [2.75, 3.05) is 12.0 Å². The van der Waals surface area contributed by atoms with E-state index in [-0.39, 0.29) is 0 Å². The molecule has 0 fully saturated rings. The van der Waals surface area contributed by atoms with E-state index in [0.29, 0.717) is 11.8 Å². The van der Waals surface area contributed by atoms with Crippen molar-refractivity contribution in [1.29, 1.82) is 0 Å². The van der Waals surface area contributed by atoms with Crippen LogP contribution in [0.25, 0.3) is 0 Å². The minimum absolute atomic E-state index is 0.293. The summed E-state index contributed by atoms with van der Waals surface area (Å²) >= 11 is 0. The summed E-state index contributed by atoms with van der Waals surface area (Å²) in [6.45, 7) is 9.36. The predicted molar refractivity (Wildman–Crippen MR) is 75.9 cm³/mol. The first-order chi connectivity index (χ1) is 7.90. The number of benzene rings is 1. The molecule has 0 aliphatic carbocycles. The summed E-state index contributed by atoms with van der Waals surface area (Å²) in [5.74, 6) is 0.712. The Morgan fingerprint density at radius 2 is 1.76 bits per heavy atom. The van der Waals surface area contributed by atoms with Crippen LogP contribution in [0.1, 0.15) is 29.2 Å². The summed E-state index contributed by atoms with van der Waals surface area (Å²) in [6.07, 6.45) is 1.75. The molecule has 1 aromatic carbocycles. The maximum absolute atomic E-state index is 11.1. The molecule has 0 aliphatic heterocycles. The molecule has 1 aromatic rings. The fraction of sp³-hybridized carbons (Fsp3) is 0.571. The Kier molecular flexibility index (Phi) is 5.34. The fourth-order valence-corrected chi connectivity index (χ4v) is 2.73.